The number of rotatable bonds is 4. The Morgan fingerprint density at radius 2 is 2.04 bits per heavy atom. The lowest BCUT2D eigenvalue weighted by molar-refractivity contribution is -0.144. The van der Waals surface area contributed by atoms with Gasteiger partial charge >= 0.3 is 12.1 Å². The van der Waals surface area contributed by atoms with E-state index < -0.39 is 18.0 Å². The van der Waals surface area contributed by atoms with E-state index in [9.17, 15) is 18.0 Å². The molecule has 2 aromatic heterocycles. The van der Waals surface area contributed by atoms with Gasteiger partial charge in [-0.05, 0) is 31.0 Å². The van der Waals surface area contributed by atoms with Gasteiger partial charge in [0.2, 0.25) is 5.82 Å². The van der Waals surface area contributed by atoms with Gasteiger partial charge in [-0.2, -0.15) is 13.2 Å². The van der Waals surface area contributed by atoms with E-state index in [1.165, 1.54) is 29.1 Å². The van der Waals surface area contributed by atoms with Crippen LogP contribution < -0.4 is 5.32 Å². The predicted molar refractivity (Wildman–Crippen MR) is 85.3 cm³/mol. The van der Waals surface area contributed by atoms with Crippen molar-refractivity contribution >= 4 is 23.0 Å². The molecule has 0 bridgehead atoms. The van der Waals surface area contributed by atoms with Gasteiger partial charge in [0.05, 0.1) is 5.56 Å². The summed E-state index contributed by atoms with van der Waals surface area (Å²) in [5.74, 6) is -2.39. The van der Waals surface area contributed by atoms with Crippen LogP contribution in [0.3, 0.4) is 0 Å². The van der Waals surface area contributed by atoms with Crippen LogP contribution in [0.4, 0.5) is 19.0 Å². The van der Waals surface area contributed by atoms with Crippen molar-refractivity contribution in [1.82, 2.24) is 19.5 Å². The van der Waals surface area contributed by atoms with Crippen LogP contribution >= 0.6 is 0 Å². The number of imidazole rings is 1. The topological polar surface area (TPSA) is 92.9 Å². The number of carboxylic acids is 1. The fourth-order valence-electron chi connectivity index (χ4n) is 2.53. The van der Waals surface area contributed by atoms with Crippen molar-refractivity contribution in [2.75, 3.05) is 5.32 Å². The highest BCUT2D eigenvalue weighted by atomic mass is 19.4. The molecule has 1 aliphatic carbocycles. The third-order valence-electron chi connectivity index (χ3n) is 3.94. The number of alkyl halides is 3. The van der Waals surface area contributed by atoms with E-state index in [0.717, 1.165) is 12.8 Å². The summed E-state index contributed by atoms with van der Waals surface area (Å²) >= 11 is 0. The molecule has 26 heavy (non-hydrogen) atoms. The van der Waals surface area contributed by atoms with Crippen LogP contribution in [-0.2, 0) is 6.18 Å². The molecule has 1 aromatic carbocycles. The molecule has 134 valence electrons. The zero-order valence-electron chi connectivity index (χ0n) is 13.2. The van der Waals surface area contributed by atoms with Crippen molar-refractivity contribution in [1.29, 1.82) is 0 Å². The van der Waals surface area contributed by atoms with Crippen LogP contribution in [0, 0.1) is 0 Å². The summed E-state index contributed by atoms with van der Waals surface area (Å²) in [6.07, 6.45) is -1.70. The molecule has 3 aromatic rings. The molecule has 10 heteroatoms. The number of hydrogen-bond acceptors (Lipinski definition) is 5. The van der Waals surface area contributed by atoms with Gasteiger partial charge in [0.1, 0.15) is 6.33 Å². The maximum atomic E-state index is 13.2. The summed E-state index contributed by atoms with van der Waals surface area (Å²) in [6, 6.07) is 5.87. The normalized spacial score (nSPS) is 14.6. The van der Waals surface area contributed by atoms with Gasteiger partial charge in [0.25, 0.3) is 0 Å². The van der Waals surface area contributed by atoms with Gasteiger partial charge in [-0.15, -0.1) is 0 Å². The number of nitrogens with zero attached hydrogens (tertiary/aromatic N) is 4. The second-order valence-electron chi connectivity index (χ2n) is 5.95. The van der Waals surface area contributed by atoms with Gasteiger partial charge in [0, 0.05) is 11.7 Å². The molecule has 0 unspecified atom stereocenters. The maximum absolute atomic E-state index is 13.2. The lowest BCUT2D eigenvalue weighted by Gasteiger charge is -2.11. The highest BCUT2D eigenvalue weighted by Gasteiger charge is 2.37. The molecule has 2 heterocycles. The summed E-state index contributed by atoms with van der Waals surface area (Å²) < 4.78 is 40.9. The van der Waals surface area contributed by atoms with Crippen molar-refractivity contribution in [2.45, 2.75) is 25.1 Å². The number of aromatic nitrogens is 4. The number of carboxylic acid groups (broad SMARTS) is 1. The molecule has 0 aliphatic heterocycles. The Bertz CT molecular complexity index is 1010. The minimum absolute atomic E-state index is 0.00535. The Labute approximate surface area is 144 Å². The SMILES string of the molecule is O=C(O)c1cccc(-n2cnc3c(NC4CC4)nc(C(F)(F)F)nc32)c1. The van der Waals surface area contributed by atoms with Gasteiger partial charge < -0.3 is 10.4 Å². The summed E-state index contributed by atoms with van der Waals surface area (Å²) in [6.45, 7) is 0. The van der Waals surface area contributed by atoms with Crippen molar-refractivity contribution < 1.29 is 23.1 Å². The molecular weight excluding hydrogens is 351 g/mol. The summed E-state index contributed by atoms with van der Waals surface area (Å²) in [5, 5.41) is 12.1. The summed E-state index contributed by atoms with van der Waals surface area (Å²) in [4.78, 5) is 22.5. The minimum atomic E-state index is -4.72. The largest absolute Gasteiger partial charge is 0.478 e. The third kappa shape index (κ3) is 2.93. The Morgan fingerprint density at radius 3 is 2.69 bits per heavy atom. The fourth-order valence-corrected chi connectivity index (χ4v) is 2.53. The first kappa shape index (κ1) is 16.3. The zero-order chi connectivity index (χ0) is 18.5. The molecule has 0 atom stereocenters. The Kier molecular flexibility index (Phi) is 3.56. The van der Waals surface area contributed by atoms with E-state index in [-0.39, 0.29) is 28.6 Å². The number of benzene rings is 1. The van der Waals surface area contributed by atoms with Crippen LogP contribution in [0.15, 0.2) is 30.6 Å². The number of carbonyl (C=O) groups is 1. The minimum Gasteiger partial charge on any atom is -0.478 e. The standard InChI is InChI=1S/C16H12F3N5O2/c17-16(18,19)15-22-12(21-9-4-5-9)11-13(23-15)24(7-20-11)10-3-1-2-8(6-10)14(25)26/h1-3,6-7,9H,4-5H2,(H,25,26)(H,21,22,23). The van der Waals surface area contributed by atoms with Crippen LogP contribution in [0.5, 0.6) is 0 Å². The Balaban J connectivity index is 1.91. The molecular formula is C16H12F3N5O2. The molecule has 1 aliphatic rings. The number of aromatic carboxylic acids is 1. The second kappa shape index (κ2) is 5.68. The molecule has 0 saturated heterocycles. The first-order chi connectivity index (χ1) is 12.3. The number of halogens is 3. The molecule has 0 radical (unpaired) electrons. The van der Waals surface area contributed by atoms with Crippen molar-refractivity contribution in [3.05, 3.63) is 42.0 Å². The van der Waals surface area contributed by atoms with Crippen LogP contribution in [0.25, 0.3) is 16.9 Å². The van der Waals surface area contributed by atoms with Crippen LogP contribution in [0.2, 0.25) is 0 Å². The second-order valence-corrected chi connectivity index (χ2v) is 5.95. The van der Waals surface area contributed by atoms with Crippen LogP contribution in [0.1, 0.15) is 29.0 Å². The van der Waals surface area contributed by atoms with E-state index in [0.29, 0.717) is 5.69 Å². The monoisotopic (exact) mass is 363 g/mol. The van der Waals surface area contributed by atoms with Crippen molar-refractivity contribution in [2.24, 2.45) is 0 Å². The first-order valence-corrected chi connectivity index (χ1v) is 7.75. The molecule has 1 saturated carbocycles. The predicted octanol–water partition coefficient (Wildman–Crippen LogP) is 3.11. The lowest BCUT2D eigenvalue weighted by Crippen LogP contribution is -2.15. The first-order valence-electron chi connectivity index (χ1n) is 7.75. The zero-order valence-corrected chi connectivity index (χ0v) is 13.2. The Morgan fingerprint density at radius 1 is 1.27 bits per heavy atom. The molecule has 7 nitrogen and oxygen atoms in total. The molecule has 0 spiro atoms. The average molecular weight is 363 g/mol. The van der Waals surface area contributed by atoms with E-state index in [1.54, 1.807) is 6.07 Å². The number of fused-ring (bicyclic) bond motifs is 1. The maximum Gasteiger partial charge on any atom is 0.451 e. The lowest BCUT2D eigenvalue weighted by atomic mass is 10.2. The van der Waals surface area contributed by atoms with Gasteiger partial charge in [-0.3, -0.25) is 4.57 Å². The molecule has 0 amide bonds. The summed E-state index contributed by atoms with van der Waals surface area (Å²) in [7, 11) is 0. The smallest absolute Gasteiger partial charge is 0.451 e. The third-order valence-corrected chi connectivity index (χ3v) is 3.94. The van der Waals surface area contributed by atoms with Crippen molar-refractivity contribution in [3.8, 4) is 5.69 Å². The quantitative estimate of drug-likeness (QED) is 0.740. The Hall–Kier alpha value is -3.17. The van der Waals surface area contributed by atoms with Crippen LogP contribution in [-0.4, -0.2) is 36.6 Å². The highest BCUT2D eigenvalue weighted by Crippen LogP contribution is 2.33. The molecule has 4 rings (SSSR count). The highest BCUT2D eigenvalue weighted by molar-refractivity contribution is 5.89. The fraction of sp³-hybridized carbons (Fsp3) is 0.250. The van der Waals surface area contributed by atoms with Gasteiger partial charge in [0.15, 0.2) is 17.0 Å². The van der Waals surface area contributed by atoms with Crippen molar-refractivity contribution in [3.63, 3.8) is 0 Å². The number of anilines is 1. The number of nitrogens with one attached hydrogen (secondary N) is 1. The van der Waals surface area contributed by atoms with E-state index in [4.69, 9.17) is 5.11 Å². The molecule has 2 N–H and O–H groups in total. The van der Waals surface area contributed by atoms with E-state index in [2.05, 4.69) is 20.3 Å². The summed E-state index contributed by atoms with van der Waals surface area (Å²) in [5.41, 5.74) is 0.506. The van der Waals surface area contributed by atoms with E-state index >= 15 is 0 Å². The van der Waals surface area contributed by atoms with Gasteiger partial charge in [-0.25, -0.2) is 19.7 Å². The average Bonchev–Trinajstić information content (AvgIpc) is 3.29. The van der Waals surface area contributed by atoms with Gasteiger partial charge in [-0.1, -0.05) is 6.07 Å². The molecule has 1 fully saturated rings. The van der Waals surface area contributed by atoms with E-state index in [1.807, 2.05) is 0 Å². The number of hydrogen-bond donors (Lipinski definition) is 2.